The molecule has 0 spiro atoms. The minimum atomic E-state index is 0.00290. The van der Waals surface area contributed by atoms with Gasteiger partial charge in [0.2, 0.25) is 5.91 Å². The quantitative estimate of drug-likeness (QED) is 0.812. The summed E-state index contributed by atoms with van der Waals surface area (Å²) in [6, 6.07) is 0. The second-order valence-electron chi connectivity index (χ2n) is 6.34. The molecule has 122 valence electrons. The third-order valence-electron chi connectivity index (χ3n) is 4.83. The molecule has 1 aromatic heterocycles. The van der Waals surface area contributed by atoms with Gasteiger partial charge >= 0.3 is 0 Å². The molecular weight excluding hydrogens is 282 g/mol. The van der Waals surface area contributed by atoms with Gasteiger partial charge in [0.25, 0.3) is 0 Å². The highest BCUT2D eigenvalue weighted by Gasteiger charge is 2.39. The maximum atomic E-state index is 12.4. The van der Waals surface area contributed by atoms with Crippen LogP contribution in [0.25, 0.3) is 0 Å². The van der Waals surface area contributed by atoms with Crippen LogP contribution in [0.3, 0.4) is 0 Å². The second kappa shape index (κ2) is 7.19. The molecule has 2 atom stereocenters. The SMILES string of the molecule is CN1CCC([C@@H]2OCC[C@H]2C(=O)NCCc2ncn[nH]2)CC1. The first-order valence-corrected chi connectivity index (χ1v) is 8.16. The number of nitrogens with zero attached hydrogens (tertiary/aromatic N) is 3. The first-order valence-electron chi connectivity index (χ1n) is 8.16. The molecule has 2 saturated heterocycles. The predicted octanol–water partition coefficient (Wildman–Crippen LogP) is 0.210. The van der Waals surface area contributed by atoms with Crippen LogP contribution < -0.4 is 5.32 Å². The molecule has 7 heteroatoms. The van der Waals surface area contributed by atoms with Crippen molar-refractivity contribution in [3.05, 3.63) is 12.2 Å². The summed E-state index contributed by atoms with van der Waals surface area (Å²) in [5.74, 6) is 1.45. The highest BCUT2D eigenvalue weighted by atomic mass is 16.5. The van der Waals surface area contributed by atoms with Gasteiger partial charge in [-0.15, -0.1) is 0 Å². The lowest BCUT2D eigenvalue weighted by atomic mass is 9.84. The van der Waals surface area contributed by atoms with Gasteiger partial charge in [-0.25, -0.2) is 4.98 Å². The van der Waals surface area contributed by atoms with E-state index in [2.05, 4.69) is 32.4 Å². The number of aromatic nitrogens is 3. The molecule has 1 aromatic rings. The number of nitrogens with one attached hydrogen (secondary N) is 2. The fourth-order valence-electron chi connectivity index (χ4n) is 3.50. The van der Waals surface area contributed by atoms with Gasteiger partial charge in [-0.05, 0) is 45.3 Å². The fourth-order valence-corrected chi connectivity index (χ4v) is 3.50. The first-order chi connectivity index (χ1) is 10.7. The molecule has 2 aliphatic rings. The Labute approximate surface area is 130 Å². The van der Waals surface area contributed by atoms with E-state index in [0.29, 0.717) is 25.5 Å². The number of carbonyl (C=O) groups excluding carboxylic acids is 1. The van der Waals surface area contributed by atoms with Crippen molar-refractivity contribution in [3.63, 3.8) is 0 Å². The molecule has 3 heterocycles. The van der Waals surface area contributed by atoms with E-state index < -0.39 is 0 Å². The highest BCUT2D eigenvalue weighted by molar-refractivity contribution is 5.79. The average molecular weight is 307 g/mol. The van der Waals surface area contributed by atoms with E-state index in [1.807, 2.05) is 0 Å². The largest absolute Gasteiger partial charge is 0.377 e. The summed E-state index contributed by atoms with van der Waals surface area (Å²) >= 11 is 0. The van der Waals surface area contributed by atoms with Gasteiger partial charge in [0.1, 0.15) is 12.2 Å². The number of hydrogen-bond acceptors (Lipinski definition) is 5. The number of aromatic amines is 1. The normalized spacial score (nSPS) is 27.1. The Morgan fingerprint density at radius 3 is 3.00 bits per heavy atom. The number of likely N-dealkylation sites (tertiary alicyclic amines) is 1. The topological polar surface area (TPSA) is 83.1 Å². The third kappa shape index (κ3) is 3.64. The van der Waals surface area contributed by atoms with Crippen LogP contribution in [0.2, 0.25) is 0 Å². The number of rotatable bonds is 5. The van der Waals surface area contributed by atoms with Crippen LogP contribution in [0.1, 0.15) is 25.1 Å². The van der Waals surface area contributed by atoms with Gasteiger partial charge in [0, 0.05) is 19.6 Å². The maximum Gasteiger partial charge on any atom is 0.225 e. The van der Waals surface area contributed by atoms with E-state index in [9.17, 15) is 4.79 Å². The molecule has 3 rings (SSSR count). The molecule has 0 radical (unpaired) electrons. The van der Waals surface area contributed by atoms with Crippen LogP contribution in [0.4, 0.5) is 0 Å². The summed E-state index contributed by atoms with van der Waals surface area (Å²) in [5, 5.41) is 9.63. The number of carbonyl (C=O) groups is 1. The minimum Gasteiger partial charge on any atom is -0.377 e. The summed E-state index contributed by atoms with van der Waals surface area (Å²) in [4.78, 5) is 18.8. The number of H-pyrrole nitrogens is 1. The van der Waals surface area contributed by atoms with Crippen LogP contribution in [-0.2, 0) is 16.0 Å². The molecule has 2 fully saturated rings. The maximum absolute atomic E-state index is 12.4. The molecule has 0 bridgehead atoms. The predicted molar refractivity (Wildman–Crippen MR) is 81.2 cm³/mol. The molecule has 0 aliphatic carbocycles. The molecule has 1 amide bonds. The summed E-state index contributed by atoms with van der Waals surface area (Å²) in [6.45, 7) is 3.50. The monoisotopic (exact) mass is 307 g/mol. The zero-order valence-electron chi connectivity index (χ0n) is 13.1. The lowest BCUT2D eigenvalue weighted by Crippen LogP contribution is -2.42. The van der Waals surface area contributed by atoms with E-state index >= 15 is 0 Å². The van der Waals surface area contributed by atoms with E-state index in [4.69, 9.17) is 4.74 Å². The smallest absolute Gasteiger partial charge is 0.225 e. The van der Waals surface area contributed by atoms with E-state index in [1.54, 1.807) is 0 Å². The van der Waals surface area contributed by atoms with E-state index in [1.165, 1.54) is 6.33 Å². The molecule has 0 aromatic carbocycles. The molecule has 2 aliphatic heterocycles. The van der Waals surface area contributed by atoms with Crippen LogP contribution in [0, 0.1) is 11.8 Å². The zero-order valence-corrected chi connectivity index (χ0v) is 13.1. The van der Waals surface area contributed by atoms with Crippen molar-refractivity contribution >= 4 is 5.91 Å². The zero-order chi connectivity index (χ0) is 15.4. The number of ether oxygens (including phenoxy) is 1. The van der Waals surface area contributed by atoms with Crippen molar-refractivity contribution < 1.29 is 9.53 Å². The number of piperidine rings is 1. The Kier molecular flexibility index (Phi) is 5.04. The minimum absolute atomic E-state index is 0.00290. The Hall–Kier alpha value is -1.47. The van der Waals surface area contributed by atoms with Crippen molar-refractivity contribution in [3.8, 4) is 0 Å². The van der Waals surface area contributed by atoms with Gasteiger partial charge < -0.3 is 15.0 Å². The third-order valence-corrected chi connectivity index (χ3v) is 4.83. The van der Waals surface area contributed by atoms with Crippen molar-refractivity contribution in [1.82, 2.24) is 25.4 Å². The number of amides is 1. The van der Waals surface area contributed by atoms with E-state index in [0.717, 1.165) is 38.2 Å². The molecule has 0 unspecified atom stereocenters. The van der Waals surface area contributed by atoms with Crippen LogP contribution >= 0.6 is 0 Å². The molecule has 7 nitrogen and oxygen atoms in total. The standard InChI is InChI=1S/C15H25N5O2/c1-20-7-3-11(4-8-20)14-12(5-9-22-14)15(21)16-6-2-13-17-10-18-19-13/h10-12,14H,2-9H2,1H3,(H,16,21)(H,17,18,19)/t12-,14+/m1/s1. The molecule has 22 heavy (non-hydrogen) atoms. The van der Waals surface area contributed by atoms with Crippen molar-refractivity contribution in [2.45, 2.75) is 31.8 Å². The van der Waals surface area contributed by atoms with Crippen molar-refractivity contribution in [1.29, 1.82) is 0 Å². The summed E-state index contributed by atoms with van der Waals surface area (Å²) < 4.78 is 5.91. The molecular formula is C15H25N5O2. The van der Waals surface area contributed by atoms with E-state index in [-0.39, 0.29) is 17.9 Å². The summed E-state index contributed by atoms with van der Waals surface area (Å²) in [6.07, 6.45) is 5.35. The van der Waals surface area contributed by atoms with Crippen molar-refractivity contribution in [2.75, 3.05) is 33.3 Å². The Morgan fingerprint density at radius 2 is 2.27 bits per heavy atom. The van der Waals surface area contributed by atoms with Gasteiger partial charge in [-0.3, -0.25) is 9.89 Å². The van der Waals surface area contributed by atoms with Crippen LogP contribution in [0.15, 0.2) is 6.33 Å². The van der Waals surface area contributed by atoms with Gasteiger partial charge in [0.05, 0.1) is 12.0 Å². The lowest BCUT2D eigenvalue weighted by molar-refractivity contribution is -0.128. The number of hydrogen-bond donors (Lipinski definition) is 2. The second-order valence-corrected chi connectivity index (χ2v) is 6.34. The van der Waals surface area contributed by atoms with Crippen LogP contribution in [0.5, 0.6) is 0 Å². The summed E-state index contributed by atoms with van der Waals surface area (Å²) in [7, 11) is 2.15. The molecule has 0 saturated carbocycles. The molecule has 2 N–H and O–H groups in total. The Morgan fingerprint density at radius 1 is 1.45 bits per heavy atom. The lowest BCUT2D eigenvalue weighted by Gasteiger charge is -2.34. The highest BCUT2D eigenvalue weighted by Crippen LogP contribution is 2.32. The first kappa shape index (κ1) is 15.4. The summed E-state index contributed by atoms with van der Waals surface area (Å²) in [5.41, 5.74) is 0. The Balaban J connectivity index is 1.48. The Bertz CT molecular complexity index is 470. The fraction of sp³-hybridized carbons (Fsp3) is 0.800. The van der Waals surface area contributed by atoms with Gasteiger partial charge in [-0.2, -0.15) is 5.10 Å². The van der Waals surface area contributed by atoms with Gasteiger partial charge in [-0.1, -0.05) is 0 Å². The van der Waals surface area contributed by atoms with Crippen LogP contribution in [-0.4, -0.2) is 65.4 Å². The van der Waals surface area contributed by atoms with Gasteiger partial charge in [0.15, 0.2) is 0 Å². The average Bonchev–Trinajstić information content (AvgIpc) is 3.19. The van der Waals surface area contributed by atoms with Crippen molar-refractivity contribution in [2.24, 2.45) is 11.8 Å².